The summed E-state index contributed by atoms with van der Waals surface area (Å²) in [4.78, 5) is 12.4. The molecule has 0 aliphatic carbocycles. The van der Waals surface area contributed by atoms with Crippen LogP contribution in [0.15, 0.2) is 66.7 Å². The molecule has 0 radical (unpaired) electrons. The van der Waals surface area contributed by atoms with Crippen molar-refractivity contribution in [2.45, 2.75) is 45.1 Å². The van der Waals surface area contributed by atoms with Gasteiger partial charge in [-0.25, -0.2) is 0 Å². The van der Waals surface area contributed by atoms with Gasteiger partial charge in [-0.1, -0.05) is 79.7 Å². The van der Waals surface area contributed by atoms with Crippen LogP contribution in [0.1, 0.15) is 50.2 Å². The van der Waals surface area contributed by atoms with Gasteiger partial charge in [0.2, 0.25) is 0 Å². The number of ether oxygens (including phenoxy) is 1. The fourth-order valence-corrected chi connectivity index (χ4v) is 2.68. The number of carbonyl (C=O) groups is 1. The molecule has 24 heavy (non-hydrogen) atoms. The van der Waals surface area contributed by atoms with E-state index in [1.807, 2.05) is 62.4 Å². The fourth-order valence-electron chi connectivity index (χ4n) is 2.68. The van der Waals surface area contributed by atoms with Gasteiger partial charge in [0.05, 0.1) is 12.0 Å². The second-order valence-corrected chi connectivity index (χ2v) is 6.01. The lowest BCUT2D eigenvalue weighted by Gasteiger charge is -2.18. The van der Waals surface area contributed by atoms with Crippen LogP contribution in [0.4, 0.5) is 0 Å². The summed E-state index contributed by atoms with van der Waals surface area (Å²) < 4.78 is 5.64. The summed E-state index contributed by atoms with van der Waals surface area (Å²) in [7, 11) is 0. The number of carbonyl (C=O) groups excluding carboxylic acids is 1. The zero-order valence-corrected chi connectivity index (χ0v) is 14.5. The monoisotopic (exact) mass is 322 g/mol. The second kappa shape index (κ2) is 9.71. The zero-order chi connectivity index (χ0) is 17.2. The van der Waals surface area contributed by atoms with Crippen molar-refractivity contribution >= 4 is 12.0 Å². The molecule has 0 spiro atoms. The highest BCUT2D eigenvalue weighted by atomic mass is 16.5. The molecule has 0 aromatic heterocycles. The SMILES string of the molecule is CCC(C(=O)O[C@@H](C)CC/C=C/c1ccccc1)c1ccccc1. The van der Waals surface area contributed by atoms with Gasteiger partial charge < -0.3 is 4.74 Å². The van der Waals surface area contributed by atoms with E-state index in [2.05, 4.69) is 24.3 Å². The molecule has 2 nitrogen and oxygen atoms in total. The van der Waals surface area contributed by atoms with E-state index in [1.54, 1.807) is 0 Å². The lowest BCUT2D eigenvalue weighted by atomic mass is 9.97. The van der Waals surface area contributed by atoms with Crippen molar-refractivity contribution in [3.63, 3.8) is 0 Å². The van der Waals surface area contributed by atoms with Gasteiger partial charge in [-0.05, 0) is 37.3 Å². The van der Waals surface area contributed by atoms with E-state index in [4.69, 9.17) is 4.74 Å². The van der Waals surface area contributed by atoms with E-state index in [9.17, 15) is 4.79 Å². The van der Waals surface area contributed by atoms with Gasteiger partial charge >= 0.3 is 5.97 Å². The minimum atomic E-state index is -0.173. The largest absolute Gasteiger partial charge is 0.462 e. The molecule has 0 bridgehead atoms. The molecule has 126 valence electrons. The van der Waals surface area contributed by atoms with Crippen LogP contribution in [-0.2, 0) is 9.53 Å². The molecule has 0 amide bonds. The molecule has 2 aromatic carbocycles. The molecular formula is C22H26O2. The van der Waals surface area contributed by atoms with E-state index < -0.39 is 0 Å². The predicted octanol–water partition coefficient (Wildman–Crippen LogP) is 5.61. The number of allylic oxidation sites excluding steroid dienone is 1. The highest BCUT2D eigenvalue weighted by Crippen LogP contribution is 2.22. The van der Waals surface area contributed by atoms with Crippen molar-refractivity contribution in [2.24, 2.45) is 0 Å². The molecule has 0 heterocycles. The van der Waals surface area contributed by atoms with Crippen LogP contribution < -0.4 is 0 Å². The van der Waals surface area contributed by atoms with Crippen LogP contribution >= 0.6 is 0 Å². The van der Waals surface area contributed by atoms with Crippen LogP contribution in [0.3, 0.4) is 0 Å². The first-order valence-corrected chi connectivity index (χ1v) is 8.67. The van der Waals surface area contributed by atoms with Crippen LogP contribution in [0, 0.1) is 0 Å². The molecule has 0 saturated heterocycles. The minimum Gasteiger partial charge on any atom is -0.462 e. The Morgan fingerprint density at radius 3 is 2.29 bits per heavy atom. The third-order valence-electron chi connectivity index (χ3n) is 4.06. The Morgan fingerprint density at radius 2 is 1.67 bits per heavy atom. The maximum Gasteiger partial charge on any atom is 0.313 e. The average molecular weight is 322 g/mol. The summed E-state index contributed by atoms with van der Waals surface area (Å²) >= 11 is 0. The summed E-state index contributed by atoms with van der Waals surface area (Å²) in [5.74, 6) is -0.295. The summed E-state index contributed by atoms with van der Waals surface area (Å²) in [6, 6.07) is 20.1. The molecule has 2 rings (SSSR count). The first kappa shape index (κ1) is 18.0. The first-order valence-electron chi connectivity index (χ1n) is 8.67. The first-order chi connectivity index (χ1) is 11.7. The normalized spacial score (nSPS) is 13.6. The highest BCUT2D eigenvalue weighted by molar-refractivity contribution is 5.78. The Balaban J connectivity index is 1.79. The van der Waals surface area contributed by atoms with Gasteiger partial charge in [0, 0.05) is 0 Å². The van der Waals surface area contributed by atoms with E-state index in [0.717, 1.165) is 24.8 Å². The number of hydrogen-bond donors (Lipinski definition) is 0. The summed E-state index contributed by atoms with van der Waals surface area (Å²) in [5, 5.41) is 0. The van der Waals surface area contributed by atoms with Crippen LogP contribution in [-0.4, -0.2) is 12.1 Å². The lowest BCUT2D eigenvalue weighted by Crippen LogP contribution is -2.21. The van der Waals surface area contributed by atoms with Crippen molar-refractivity contribution < 1.29 is 9.53 Å². The van der Waals surface area contributed by atoms with E-state index in [1.165, 1.54) is 5.56 Å². The van der Waals surface area contributed by atoms with Crippen molar-refractivity contribution in [1.29, 1.82) is 0 Å². The van der Waals surface area contributed by atoms with Crippen LogP contribution in [0.25, 0.3) is 6.08 Å². The van der Waals surface area contributed by atoms with E-state index in [-0.39, 0.29) is 18.0 Å². The highest BCUT2D eigenvalue weighted by Gasteiger charge is 2.21. The molecule has 0 saturated carbocycles. The number of esters is 1. The number of rotatable bonds is 8. The van der Waals surface area contributed by atoms with Crippen molar-refractivity contribution in [3.05, 3.63) is 77.9 Å². The van der Waals surface area contributed by atoms with Gasteiger partial charge in [0.15, 0.2) is 0 Å². The molecule has 2 aromatic rings. The van der Waals surface area contributed by atoms with Crippen molar-refractivity contribution in [3.8, 4) is 0 Å². The average Bonchev–Trinajstić information content (AvgIpc) is 2.61. The van der Waals surface area contributed by atoms with Crippen molar-refractivity contribution in [1.82, 2.24) is 0 Å². The molecular weight excluding hydrogens is 296 g/mol. The third-order valence-corrected chi connectivity index (χ3v) is 4.06. The Hall–Kier alpha value is -2.35. The van der Waals surface area contributed by atoms with E-state index in [0.29, 0.717) is 0 Å². The van der Waals surface area contributed by atoms with Crippen LogP contribution in [0.5, 0.6) is 0 Å². The number of hydrogen-bond acceptors (Lipinski definition) is 2. The molecule has 0 aliphatic heterocycles. The fraction of sp³-hybridized carbons (Fsp3) is 0.318. The predicted molar refractivity (Wildman–Crippen MR) is 99.7 cm³/mol. The van der Waals surface area contributed by atoms with Gasteiger partial charge in [-0.3, -0.25) is 4.79 Å². The Bertz CT molecular complexity index is 632. The maximum absolute atomic E-state index is 12.4. The Labute approximate surface area is 145 Å². The van der Waals surface area contributed by atoms with Crippen LogP contribution in [0.2, 0.25) is 0 Å². The third kappa shape index (κ3) is 5.69. The second-order valence-electron chi connectivity index (χ2n) is 6.01. The molecule has 1 unspecified atom stereocenters. The Morgan fingerprint density at radius 1 is 1.04 bits per heavy atom. The lowest BCUT2D eigenvalue weighted by molar-refractivity contribution is -0.150. The Kier molecular flexibility index (Phi) is 7.28. The smallest absolute Gasteiger partial charge is 0.313 e. The molecule has 0 fully saturated rings. The summed E-state index contributed by atoms with van der Waals surface area (Å²) in [6.07, 6.45) is 6.65. The van der Waals surface area contributed by atoms with Gasteiger partial charge in [0.25, 0.3) is 0 Å². The molecule has 2 atom stereocenters. The molecule has 0 N–H and O–H groups in total. The number of benzene rings is 2. The van der Waals surface area contributed by atoms with Gasteiger partial charge in [0.1, 0.15) is 0 Å². The molecule has 0 aliphatic rings. The summed E-state index contributed by atoms with van der Waals surface area (Å²) in [6.45, 7) is 3.98. The maximum atomic E-state index is 12.4. The van der Waals surface area contributed by atoms with Gasteiger partial charge in [-0.2, -0.15) is 0 Å². The molecule has 2 heteroatoms. The summed E-state index contributed by atoms with van der Waals surface area (Å²) in [5.41, 5.74) is 2.22. The zero-order valence-electron chi connectivity index (χ0n) is 14.5. The minimum absolute atomic E-state index is 0.0734. The topological polar surface area (TPSA) is 26.3 Å². The van der Waals surface area contributed by atoms with Crippen molar-refractivity contribution in [2.75, 3.05) is 0 Å². The van der Waals surface area contributed by atoms with Gasteiger partial charge in [-0.15, -0.1) is 0 Å². The standard InChI is InChI=1S/C22H26O2/c1-3-21(20-16-8-5-9-17-20)22(23)24-18(2)12-10-11-15-19-13-6-4-7-14-19/h4-9,11,13-18,21H,3,10,12H2,1-2H3/b15-11+/t18-,21?/m0/s1. The van der Waals surface area contributed by atoms with E-state index >= 15 is 0 Å². The quantitative estimate of drug-likeness (QED) is 0.591.